The van der Waals surface area contributed by atoms with Gasteiger partial charge in [0.15, 0.2) is 5.16 Å². The van der Waals surface area contributed by atoms with E-state index >= 15 is 0 Å². The van der Waals surface area contributed by atoms with Crippen LogP contribution in [0, 0.1) is 0 Å². The van der Waals surface area contributed by atoms with Gasteiger partial charge in [0.25, 0.3) is 0 Å². The molecule has 2 aromatic carbocycles. The van der Waals surface area contributed by atoms with Crippen LogP contribution in [0.4, 0.5) is 0 Å². The van der Waals surface area contributed by atoms with Gasteiger partial charge in [-0.25, -0.2) is 4.57 Å². The normalized spacial score (nSPS) is 12.2. The van der Waals surface area contributed by atoms with Gasteiger partial charge in [0.1, 0.15) is 11.5 Å². The highest BCUT2D eigenvalue weighted by atomic mass is 31.2. The number of hydrogen-bond acceptors (Lipinski definition) is 5. The monoisotopic (exact) mass is 432 g/mol. The third kappa shape index (κ3) is 5.07. The predicted molar refractivity (Wildman–Crippen MR) is 121 cm³/mol. The number of carbonyl (C=O) groups excluding carboxylic acids is 1. The maximum absolute atomic E-state index is 14.3. The number of para-hydroxylation sites is 2. The Kier molecular flexibility index (Phi) is 7.76. The van der Waals surface area contributed by atoms with Crippen molar-refractivity contribution in [3.05, 3.63) is 59.7 Å². The Morgan fingerprint density at radius 2 is 1.27 bits per heavy atom. The van der Waals surface area contributed by atoms with Gasteiger partial charge in [0, 0.05) is 0 Å². The van der Waals surface area contributed by atoms with Crippen molar-refractivity contribution >= 4 is 13.6 Å². The van der Waals surface area contributed by atoms with E-state index in [2.05, 4.69) is 0 Å². The fourth-order valence-electron chi connectivity index (χ4n) is 3.01. The Balaban J connectivity index is 2.60. The van der Waals surface area contributed by atoms with Gasteiger partial charge >= 0.3 is 13.6 Å². The summed E-state index contributed by atoms with van der Waals surface area (Å²) in [4.78, 5) is 12.8. The first-order chi connectivity index (χ1) is 14.0. The fraction of sp³-hybridized carbons (Fsp3) is 0.458. The maximum Gasteiger partial charge on any atom is 0.447 e. The van der Waals surface area contributed by atoms with Crippen molar-refractivity contribution in [2.45, 2.75) is 65.5 Å². The molecule has 0 N–H and O–H groups in total. The quantitative estimate of drug-likeness (QED) is 0.318. The van der Waals surface area contributed by atoms with E-state index in [4.69, 9.17) is 13.8 Å². The summed E-state index contributed by atoms with van der Waals surface area (Å²) in [6, 6.07) is 14.8. The van der Waals surface area contributed by atoms with Crippen molar-refractivity contribution in [1.29, 1.82) is 0 Å². The van der Waals surface area contributed by atoms with Gasteiger partial charge in [-0.1, -0.05) is 64.1 Å². The molecule has 0 aliphatic rings. The molecule has 6 heteroatoms. The van der Waals surface area contributed by atoms with E-state index in [0.717, 1.165) is 11.1 Å². The molecule has 0 atom stereocenters. The first-order valence-electron chi connectivity index (χ1n) is 10.4. The van der Waals surface area contributed by atoms with Crippen LogP contribution in [0.1, 0.15) is 71.4 Å². The van der Waals surface area contributed by atoms with Gasteiger partial charge in [-0.2, -0.15) is 0 Å². The average Bonchev–Trinajstić information content (AvgIpc) is 2.68. The molecular formula is C24H33O5P. The zero-order valence-corrected chi connectivity index (χ0v) is 19.9. The zero-order valence-electron chi connectivity index (χ0n) is 19.0. The Morgan fingerprint density at radius 3 is 1.63 bits per heavy atom. The van der Waals surface area contributed by atoms with Crippen molar-refractivity contribution in [3.63, 3.8) is 0 Å². The van der Waals surface area contributed by atoms with E-state index in [-0.39, 0.29) is 18.4 Å². The molecule has 0 fully saturated rings. The first kappa shape index (κ1) is 24.0. The summed E-state index contributed by atoms with van der Waals surface area (Å²) in [6.07, 6.45) is 0. The predicted octanol–water partition coefficient (Wildman–Crippen LogP) is 6.93. The van der Waals surface area contributed by atoms with E-state index in [1.54, 1.807) is 32.9 Å². The second-order valence-corrected chi connectivity index (χ2v) is 10.8. The van der Waals surface area contributed by atoms with Crippen LogP contribution < -0.4 is 9.05 Å². The van der Waals surface area contributed by atoms with Crippen LogP contribution in [0.5, 0.6) is 11.5 Å². The Bertz CT molecular complexity index is 860. The van der Waals surface area contributed by atoms with E-state index in [1.165, 1.54) is 0 Å². The molecule has 0 bridgehead atoms. The lowest BCUT2D eigenvalue weighted by atomic mass is 10.0. The molecule has 0 spiro atoms. The van der Waals surface area contributed by atoms with Crippen LogP contribution in [0.2, 0.25) is 0 Å². The summed E-state index contributed by atoms with van der Waals surface area (Å²) in [5.41, 5.74) is 1.77. The molecule has 0 heterocycles. The lowest BCUT2D eigenvalue weighted by Gasteiger charge is -2.32. The second kappa shape index (κ2) is 9.70. The molecule has 30 heavy (non-hydrogen) atoms. The van der Waals surface area contributed by atoms with Crippen molar-refractivity contribution in [3.8, 4) is 11.5 Å². The van der Waals surface area contributed by atoms with Gasteiger partial charge in [-0.15, -0.1) is 0 Å². The van der Waals surface area contributed by atoms with Crippen molar-refractivity contribution in [2.75, 3.05) is 6.61 Å². The highest BCUT2D eigenvalue weighted by molar-refractivity contribution is 7.57. The standard InChI is InChI=1S/C24H33O5P/c1-8-27-23(25)24(6,7)30(26,28-21-15-11-9-13-19(21)17(2)3)29-22-16-12-10-14-20(22)18(4)5/h9-18H,8H2,1-7H3. The topological polar surface area (TPSA) is 61.8 Å². The smallest absolute Gasteiger partial charge is 0.447 e. The van der Waals surface area contributed by atoms with Crippen LogP contribution in [0.3, 0.4) is 0 Å². The molecule has 0 aromatic heterocycles. The van der Waals surface area contributed by atoms with Crippen LogP contribution in [0.25, 0.3) is 0 Å². The summed E-state index contributed by atoms with van der Waals surface area (Å²) in [5, 5.41) is -1.52. The average molecular weight is 432 g/mol. The van der Waals surface area contributed by atoms with Crippen LogP contribution in [0.15, 0.2) is 48.5 Å². The Hall–Kier alpha value is -2.26. The number of hydrogen-bond donors (Lipinski definition) is 0. The molecule has 0 aliphatic heterocycles. The van der Waals surface area contributed by atoms with E-state index < -0.39 is 18.7 Å². The highest BCUT2D eigenvalue weighted by Gasteiger charge is 2.54. The lowest BCUT2D eigenvalue weighted by molar-refractivity contribution is -0.145. The van der Waals surface area contributed by atoms with Crippen LogP contribution >= 0.6 is 7.60 Å². The number of esters is 1. The van der Waals surface area contributed by atoms with Gasteiger partial charge in [-0.05, 0) is 55.9 Å². The molecular weight excluding hydrogens is 399 g/mol. The first-order valence-corrected chi connectivity index (χ1v) is 11.9. The largest absolute Gasteiger partial charge is 0.465 e. The number of ether oxygens (including phenoxy) is 1. The van der Waals surface area contributed by atoms with E-state index in [9.17, 15) is 9.36 Å². The third-order valence-corrected chi connectivity index (χ3v) is 7.40. The van der Waals surface area contributed by atoms with E-state index in [0.29, 0.717) is 11.5 Å². The molecule has 0 radical (unpaired) electrons. The van der Waals surface area contributed by atoms with Crippen LogP contribution in [-0.2, 0) is 14.1 Å². The molecule has 0 saturated carbocycles. The maximum atomic E-state index is 14.3. The summed E-state index contributed by atoms with van der Waals surface area (Å²) >= 11 is 0. The van der Waals surface area contributed by atoms with E-state index in [1.807, 2.05) is 64.1 Å². The van der Waals surface area contributed by atoms with Crippen molar-refractivity contribution in [2.24, 2.45) is 0 Å². The minimum atomic E-state index is -4.06. The summed E-state index contributed by atoms with van der Waals surface area (Å²) < 4.78 is 31.7. The summed E-state index contributed by atoms with van der Waals surface area (Å²) in [5.74, 6) is 0.537. The summed E-state index contributed by atoms with van der Waals surface area (Å²) in [7, 11) is -4.06. The summed E-state index contributed by atoms with van der Waals surface area (Å²) in [6.45, 7) is 13.1. The molecule has 2 rings (SSSR count). The van der Waals surface area contributed by atoms with Crippen molar-refractivity contribution in [1.82, 2.24) is 0 Å². The molecule has 0 amide bonds. The number of carbonyl (C=O) groups is 1. The number of rotatable bonds is 9. The van der Waals surface area contributed by atoms with Crippen LogP contribution in [-0.4, -0.2) is 17.7 Å². The lowest BCUT2D eigenvalue weighted by Crippen LogP contribution is -2.37. The molecule has 0 unspecified atom stereocenters. The molecule has 5 nitrogen and oxygen atoms in total. The van der Waals surface area contributed by atoms with Gasteiger partial charge in [0.2, 0.25) is 0 Å². The minimum Gasteiger partial charge on any atom is -0.465 e. The van der Waals surface area contributed by atoms with Gasteiger partial charge in [-0.3, -0.25) is 4.79 Å². The molecule has 0 aliphatic carbocycles. The van der Waals surface area contributed by atoms with Gasteiger partial charge in [0.05, 0.1) is 6.61 Å². The third-order valence-electron chi connectivity index (χ3n) is 4.98. The Morgan fingerprint density at radius 1 is 0.867 bits per heavy atom. The highest BCUT2D eigenvalue weighted by Crippen LogP contribution is 2.60. The SMILES string of the molecule is CCOC(=O)C(C)(C)P(=O)(Oc1ccccc1C(C)C)Oc1ccccc1C(C)C. The minimum absolute atomic E-state index is 0.142. The molecule has 2 aromatic rings. The fourth-order valence-corrected chi connectivity index (χ4v) is 4.64. The molecule has 0 saturated heterocycles. The molecule has 164 valence electrons. The second-order valence-electron chi connectivity index (χ2n) is 8.34. The zero-order chi connectivity index (χ0) is 22.5. The van der Waals surface area contributed by atoms with Crippen molar-refractivity contribution < 1.29 is 23.1 Å². The number of benzene rings is 2. The Labute approximate surface area is 180 Å². The van der Waals surface area contributed by atoms with Gasteiger partial charge < -0.3 is 13.8 Å².